The number of nitrogens with zero attached hydrogens (tertiary/aromatic N) is 3. The number of ether oxygens (including phenoxy) is 1. The van der Waals surface area contributed by atoms with Gasteiger partial charge in [0.1, 0.15) is 6.07 Å². The maximum absolute atomic E-state index is 8.75. The first-order valence-corrected chi connectivity index (χ1v) is 3.88. The number of aromatic nitrogens is 2. The van der Waals surface area contributed by atoms with Crippen LogP contribution in [0.2, 0.25) is 0 Å². The summed E-state index contributed by atoms with van der Waals surface area (Å²) in [6.45, 7) is 0.0689. The van der Waals surface area contributed by atoms with Crippen molar-refractivity contribution in [2.24, 2.45) is 7.05 Å². The van der Waals surface area contributed by atoms with E-state index in [0.717, 1.165) is 0 Å². The van der Waals surface area contributed by atoms with Crippen LogP contribution in [0.4, 0.5) is 0 Å². The molecule has 70 valence electrons. The summed E-state index contributed by atoms with van der Waals surface area (Å²) in [5.41, 5.74) is 0.691. The van der Waals surface area contributed by atoms with E-state index < -0.39 is 6.10 Å². The second-order valence-electron chi connectivity index (χ2n) is 2.53. The van der Waals surface area contributed by atoms with Crippen molar-refractivity contribution in [3.63, 3.8) is 0 Å². The molecule has 0 radical (unpaired) electrons. The van der Waals surface area contributed by atoms with Crippen LogP contribution in [0.15, 0.2) is 12.5 Å². The van der Waals surface area contributed by atoms with E-state index in [0.29, 0.717) is 5.69 Å². The molecule has 0 fully saturated rings. The van der Waals surface area contributed by atoms with Crippen LogP contribution in [0.5, 0.6) is 0 Å². The Morgan fingerprint density at radius 2 is 2.62 bits per heavy atom. The number of nitriles is 1. The highest BCUT2D eigenvalue weighted by Gasteiger charge is 2.13. The Hall–Kier alpha value is -1.38. The average molecular weight is 181 g/mol. The highest BCUT2D eigenvalue weighted by molar-refractivity contribution is 5.10. The fourth-order valence-electron chi connectivity index (χ4n) is 0.979. The van der Waals surface area contributed by atoms with E-state index in [1.165, 1.54) is 0 Å². The van der Waals surface area contributed by atoms with Gasteiger partial charge in [-0.15, -0.1) is 0 Å². The van der Waals surface area contributed by atoms with Crippen molar-refractivity contribution in [1.29, 1.82) is 5.26 Å². The molecular weight excluding hydrogens is 170 g/mol. The van der Waals surface area contributed by atoms with E-state index in [9.17, 15) is 0 Å². The summed E-state index contributed by atoms with van der Waals surface area (Å²) in [5.74, 6) is 0. The third-order valence-electron chi connectivity index (χ3n) is 1.62. The van der Waals surface area contributed by atoms with Gasteiger partial charge in [-0.2, -0.15) is 5.26 Å². The number of aliphatic hydroxyl groups is 1. The molecule has 5 heteroatoms. The van der Waals surface area contributed by atoms with Gasteiger partial charge < -0.3 is 14.4 Å². The van der Waals surface area contributed by atoms with Crippen LogP contribution in [0.3, 0.4) is 0 Å². The molecule has 1 N–H and O–H groups in total. The summed E-state index contributed by atoms with van der Waals surface area (Å²) >= 11 is 0. The minimum atomic E-state index is -0.653. The second-order valence-corrected chi connectivity index (χ2v) is 2.53. The van der Waals surface area contributed by atoms with Crippen LogP contribution in [-0.4, -0.2) is 27.9 Å². The van der Waals surface area contributed by atoms with Gasteiger partial charge >= 0.3 is 0 Å². The molecule has 1 rings (SSSR count). The highest BCUT2D eigenvalue weighted by atomic mass is 16.5. The summed E-state index contributed by atoms with van der Waals surface area (Å²) in [4.78, 5) is 3.87. The minimum absolute atomic E-state index is 0.0873. The fourth-order valence-corrected chi connectivity index (χ4v) is 0.979. The van der Waals surface area contributed by atoms with E-state index in [-0.39, 0.29) is 13.2 Å². The molecule has 1 aromatic heterocycles. The summed E-state index contributed by atoms with van der Waals surface area (Å²) in [7, 11) is 1.79. The Morgan fingerprint density at radius 3 is 3.08 bits per heavy atom. The molecule has 0 saturated heterocycles. The summed E-state index contributed by atoms with van der Waals surface area (Å²) in [5, 5.41) is 17.3. The number of aliphatic hydroxyl groups excluding tert-OH is 1. The lowest BCUT2D eigenvalue weighted by atomic mass is 10.3. The molecule has 13 heavy (non-hydrogen) atoms. The van der Waals surface area contributed by atoms with E-state index in [2.05, 4.69) is 4.98 Å². The lowest BCUT2D eigenvalue weighted by Crippen LogP contribution is -2.09. The molecule has 0 aromatic carbocycles. The van der Waals surface area contributed by atoms with Gasteiger partial charge in [-0.05, 0) is 0 Å². The molecule has 0 amide bonds. The SMILES string of the molecule is Cn1cncc1C(C#N)OCCO. The molecule has 1 heterocycles. The third kappa shape index (κ3) is 2.28. The van der Waals surface area contributed by atoms with E-state index in [4.69, 9.17) is 15.1 Å². The van der Waals surface area contributed by atoms with Crippen LogP contribution in [0.1, 0.15) is 11.8 Å². The van der Waals surface area contributed by atoms with Crippen LogP contribution in [0, 0.1) is 11.3 Å². The van der Waals surface area contributed by atoms with Crippen LogP contribution < -0.4 is 0 Å². The van der Waals surface area contributed by atoms with Gasteiger partial charge in [0.25, 0.3) is 0 Å². The highest BCUT2D eigenvalue weighted by Crippen LogP contribution is 2.14. The predicted octanol–water partition coefficient (Wildman–Crippen LogP) is -0.00632. The number of imidazole rings is 1. The van der Waals surface area contributed by atoms with E-state index in [1.54, 1.807) is 24.1 Å². The van der Waals surface area contributed by atoms with Crippen LogP contribution in [-0.2, 0) is 11.8 Å². The number of aryl methyl sites for hydroxylation is 1. The van der Waals surface area contributed by atoms with Crippen molar-refractivity contribution < 1.29 is 9.84 Å². The Bertz CT molecular complexity index is 303. The first kappa shape index (κ1) is 9.71. The van der Waals surface area contributed by atoms with E-state index in [1.807, 2.05) is 6.07 Å². The van der Waals surface area contributed by atoms with Gasteiger partial charge in [0.2, 0.25) is 0 Å². The summed E-state index contributed by atoms with van der Waals surface area (Å²) < 4.78 is 6.81. The smallest absolute Gasteiger partial charge is 0.185 e. The molecular formula is C8H11N3O2. The molecule has 1 atom stereocenters. The quantitative estimate of drug-likeness (QED) is 0.709. The lowest BCUT2D eigenvalue weighted by molar-refractivity contribution is 0.0546. The molecule has 0 spiro atoms. The van der Waals surface area contributed by atoms with Crippen molar-refractivity contribution in [2.45, 2.75) is 6.10 Å². The predicted molar refractivity (Wildman–Crippen MR) is 44.6 cm³/mol. The van der Waals surface area contributed by atoms with Crippen molar-refractivity contribution in [3.05, 3.63) is 18.2 Å². The molecule has 0 saturated carbocycles. The van der Waals surface area contributed by atoms with Crippen molar-refractivity contribution in [2.75, 3.05) is 13.2 Å². The van der Waals surface area contributed by atoms with Crippen LogP contribution in [0.25, 0.3) is 0 Å². The maximum Gasteiger partial charge on any atom is 0.185 e. The summed E-state index contributed by atoms with van der Waals surface area (Å²) in [6.07, 6.45) is 2.52. The molecule has 1 aromatic rings. The standard InChI is InChI=1S/C8H11N3O2/c1-11-6-10-5-7(11)8(4-9)13-3-2-12/h5-6,8,12H,2-3H2,1H3. The average Bonchev–Trinajstić information content (AvgIpc) is 2.54. The molecule has 5 nitrogen and oxygen atoms in total. The number of hydrogen-bond donors (Lipinski definition) is 1. The number of rotatable bonds is 4. The van der Waals surface area contributed by atoms with Crippen molar-refractivity contribution >= 4 is 0 Å². The zero-order valence-corrected chi connectivity index (χ0v) is 7.34. The summed E-state index contributed by atoms with van der Waals surface area (Å²) in [6, 6.07) is 1.99. The topological polar surface area (TPSA) is 71.1 Å². The van der Waals surface area contributed by atoms with Gasteiger partial charge in [-0.3, -0.25) is 0 Å². The second kappa shape index (κ2) is 4.60. The maximum atomic E-state index is 8.75. The van der Waals surface area contributed by atoms with Gasteiger partial charge in [-0.1, -0.05) is 0 Å². The van der Waals surface area contributed by atoms with Gasteiger partial charge in [0.15, 0.2) is 6.10 Å². The molecule has 0 aliphatic carbocycles. The zero-order chi connectivity index (χ0) is 9.68. The van der Waals surface area contributed by atoms with Gasteiger partial charge in [0.05, 0.1) is 31.4 Å². The minimum Gasteiger partial charge on any atom is -0.394 e. The Labute approximate surface area is 76.2 Å². The van der Waals surface area contributed by atoms with Crippen molar-refractivity contribution in [1.82, 2.24) is 9.55 Å². The first-order valence-electron chi connectivity index (χ1n) is 3.88. The molecule has 0 aliphatic rings. The third-order valence-corrected chi connectivity index (χ3v) is 1.62. The van der Waals surface area contributed by atoms with Gasteiger partial charge in [0, 0.05) is 7.05 Å². The zero-order valence-electron chi connectivity index (χ0n) is 7.34. The van der Waals surface area contributed by atoms with E-state index >= 15 is 0 Å². The van der Waals surface area contributed by atoms with Gasteiger partial charge in [-0.25, -0.2) is 4.98 Å². The normalized spacial score (nSPS) is 12.4. The Morgan fingerprint density at radius 1 is 1.85 bits per heavy atom. The number of hydrogen-bond acceptors (Lipinski definition) is 4. The molecule has 0 bridgehead atoms. The molecule has 1 unspecified atom stereocenters. The first-order chi connectivity index (χ1) is 6.29. The monoisotopic (exact) mass is 181 g/mol. The largest absolute Gasteiger partial charge is 0.394 e. The Kier molecular flexibility index (Phi) is 3.43. The Balaban J connectivity index is 2.68. The molecule has 0 aliphatic heterocycles. The van der Waals surface area contributed by atoms with Crippen LogP contribution >= 0.6 is 0 Å². The lowest BCUT2D eigenvalue weighted by Gasteiger charge is -2.09. The fraction of sp³-hybridized carbons (Fsp3) is 0.500. The van der Waals surface area contributed by atoms with Crippen molar-refractivity contribution in [3.8, 4) is 6.07 Å².